The van der Waals surface area contributed by atoms with Gasteiger partial charge < -0.3 is 10.1 Å². The molecule has 0 spiro atoms. The summed E-state index contributed by atoms with van der Waals surface area (Å²) in [6.45, 7) is 3.14. The SMILES string of the molecule is COc1ccc(-n2nc(-c3ccccc3)cc2NC(=O)CN(C(C)C)S(=O)(=O)c2ccc3ccccc3c2)cc1. The Kier molecular flexibility index (Phi) is 7.68. The van der Waals surface area contributed by atoms with Crippen LogP contribution in [-0.2, 0) is 14.8 Å². The molecular weight excluding hydrogens is 524 g/mol. The number of methoxy groups -OCH3 is 1. The second kappa shape index (κ2) is 11.3. The highest BCUT2D eigenvalue weighted by Gasteiger charge is 2.30. The molecule has 4 aromatic carbocycles. The molecule has 40 heavy (non-hydrogen) atoms. The summed E-state index contributed by atoms with van der Waals surface area (Å²) in [7, 11) is -2.36. The molecule has 204 valence electrons. The van der Waals surface area contributed by atoms with Crippen LogP contribution in [0.25, 0.3) is 27.7 Å². The summed E-state index contributed by atoms with van der Waals surface area (Å²) in [5.74, 6) is 0.629. The van der Waals surface area contributed by atoms with Crippen LogP contribution >= 0.6 is 0 Å². The molecule has 0 aliphatic rings. The molecular formula is C31H30N4O4S. The highest BCUT2D eigenvalue weighted by atomic mass is 32.2. The minimum atomic E-state index is -3.95. The van der Waals surface area contributed by atoms with Crippen molar-refractivity contribution < 1.29 is 17.9 Å². The van der Waals surface area contributed by atoms with Crippen LogP contribution in [0, 0.1) is 0 Å². The molecule has 0 unspecified atom stereocenters. The molecule has 0 aliphatic heterocycles. The average molecular weight is 555 g/mol. The quantitative estimate of drug-likeness (QED) is 0.251. The van der Waals surface area contributed by atoms with E-state index in [9.17, 15) is 13.2 Å². The summed E-state index contributed by atoms with van der Waals surface area (Å²) >= 11 is 0. The highest BCUT2D eigenvalue weighted by Crippen LogP contribution is 2.27. The lowest BCUT2D eigenvalue weighted by molar-refractivity contribution is -0.116. The number of carbonyl (C=O) groups excluding carboxylic acids is 1. The predicted molar refractivity (Wildman–Crippen MR) is 157 cm³/mol. The van der Waals surface area contributed by atoms with Gasteiger partial charge >= 0.3 is 0 Å². The molecule has 5 rings (SSSR count). The van der Waals surface area contributed by atoms with E-state index in [2.05, 4.69) is 5.32 Å². The Morgan fingerprint density at radius 2 is 1.57 bits per heavy atom. The number of aromatic nitrogens is 2. The molecule has 0 atom stereocenters. The van der Waals surface area contributed by atoms with Gasteiger partial charge in [-0.3, -0.25) is 4.79 Å². The number of hydrogen-bond donors (Lipinski definition) is 1. The minimum Gasteiger partial charge on any atom is -0.497 e. The standard InChI is InChI=1S/C31H30N4O4S/c1-22(2)34(40(37,38)28-18-13-23-9-7-8-12-25(23)19-28)21-31(36)32-30-20-29(24-10-5-4-6-11-24)33-35(30)26-14-16-27(39-3)17-15-26/h4-20,22H,21H2,1-3H3,(H,32,36). The van der Waals surface area contributed by atoms with Crippen molar-refractivity contribution in [1.29, 1.82) is 0 Å². The smallest absolute Gasteiger partial charge is 0.243 e. The number of carbonyl (C=O) groups is 1. The number of ether oxygens (including phenoxy) is 1. The number of amides is 1. The molecule has 0 radical (unpaired) electrons. The first kappa shape index (κ1) is 27.1. The lowest BCUT2D eigenvalue weighted by Gasteiger charge is -2.25. The largest absolute Gasteiger partial charge is 0.497 e. The molecule has 0 bridgehead atoms. The second-order valence-corrected chi connectivity index (χ2v) is 11.5. The number of benzene rings is 4. The fourth-order valence-electron chi connectivity index (χ4n) is 4.47. The number of hydrogen-bond acceptors (Lipinski definition) is 5. The van der Waals surface area contributed by atoms with Crippen molar-refractivity contribution in [3.05, 3.63) is 103 Å². The normalized spacial score (nSPS) is 11.7. The third-order valence-corrected chi connectivity index (χ3v) is 8.58. The molecule has 0 saturated carbocycles. The zero-order valence-corrected chi connectivity index (χ0v) is 23.3. The van der Waals surface area contributed by atoms with Crippen LogP contribution in [0.5, 0.6) is 5.75 Å². The van der Waals surface area contributed by atoms with Crippen LogP contribution < -0.4 is 10.1 Å². The number of nitrogens with zero attached hydrogens (tertiary/aromatic N) is 3. The summed E-state index contributed by atoms with van der Waals surface area (Å²) in [6.07, 6.45) is 0. The van der Waals surface area contributed by atoms with Gasteiger partial charge in [0.05, 0.1) is 29.9 Å². The van der Waals surface area contributed by atoms with Gasteiger partial charge in [-0.1, -0.05) is 60.7 Å². The van der Waals surface area contributed by atoms with Crippen LogP contribution in [0.3, 0.4) is 0 Å². The Hall–Kier alpha value is -4.47. The van der Waals surface area contributed by atoms with E-state index in [4.69, 9.17) is 9.84 Å². The van der Waals surface area contributed by atoms with Gasteiger partial charge in [-0.2, -0.15) is 9.40 Å². The Morgan fingerprint density at radius 3 is 2.25 bits per heavy atom. The predicted octanol–water partition coefficient (Wildman–Crippen LogP) is 5.74. The van der Waals surface area contributed by atoms with Gasteiger partial charge in [-0.05, 0) is 61.0 Å². The van der Waals surface area contributed by atoms with E-state index >= 15 is 0 Å². The fraction of sp³-hybridized carbons (Fsp3) is 0.161. The third-order valence-electron chi connectivity index (χ3n) is 6.57. The summed E-state index contributed by atoms with van der Waals surface area (Å²) in [4.78, 5) is 13.5. The number of nitrogens with one attached hydrogen (secondary N) is 1. The van der Waals surface area contributed by atoms with Crippen molar-refractivity contribution in [2.45, 2.75) is 24.8 Å². The zero-order chi connectivity index (χ0) is 28.3. The molecule has 1 aromatic heterocycles. The number of fused-ring (bicyclic) bond motifs is 1. The number of anilines is 1. The van der Waals surface area contributed by atoms with Crippen LogP contribution in [0.4, 0.5) is 5.82 Å². The molecule has 9 heteroatoms. The molecule has 5 aromatic rings. The fourth-order valence-corrected chi connectivity index (χ4v) is 6.10. The molecule has 8 nitrogen and oxygen atoms in total. The zero-order valence-electron chi connectivity index (χ0n) is 22.5. The topological polar surface area (TPSA) is 93.5 Å². The summed E-state index contributed by atoms with van der Waals surface area (Å²) < 4.78 is 35.4. The first-order chi connectivity index (χ1) is 19.3. The second-order valence-electron chi connectivity index (χ2n) is 9.59. The molecule has 1 N–H and O–H groups in total. The maximum Gasteiger partial charge on any atom is 0.243 e. The van der Waals surface area contributed by atoms with Crippen molar-refractivity contribution >= 4 is 32.5 Å². The van der Waals surface area contributed by atoms with E-state index in [0.29, 0.717) is 22.9 Å². The minimum absolute atomic E-state index is 0.141. The third kappa shape index (κ3) is 5.61. The van der Waals surface area contributed by atoms with Crippen LogP contribution in [-0.4, -0.2) is 48.1 Å². The molecule has 0 aliphatic carbocycles. The highest BCUT2D eigenvalue weighted by molar-refractivity contribution is 7.89. The monoisotopic (exact) mass is 554 g/mol. The maximum absolute atomic E-state index is 13.7. The Balaban J connectivity index is 1.45. The van der Waals surface area contributed by atoms with Crippen LogP contribution in [0.1, 0.15) is 13.8 Å². The van der Waals surface area contributed by atoms with E-state index in [-0.39, 0.29) is 11.4 Å². The van der Waals surface area contributed by atoms with Crippen molar-refractivity contribution in [3.63, 3.8) is 0 Å². The molecule has 1 heterocycles. The molecule has 1 amide bonds. The van der Waals surface area contributed by atoms with Crippen molar-refractivity contribution in [3.8, 4) is 22.7 Å². The van der Waals surface area contributed by atoms with E-state index < -0.39 is 22.0 Å². The van der Waals surface area contributed by atoms with E-state index in [0.717, 1.165) is 16.3 Å². The first-order valence-corrected chi connectivity index (χ1v) is 14.3. The van der Waals surface area contributed by atoms with E-state index in [1.54, 1.807) is 62.0 Å². The first-order valence-electron chi connectivity index (χ1n) is 12.9. The Labute approximate surface area is 233 Å². The van der Waals surface area contributed by atoms with Gasteiger partial charge in [0.15, 0.2) is 0 Å². The van der Waals surface area contributed by atoms with Gasteiger partial charge in [0.25, 0.3) is 0 Å². The van der Waals surface area contributed by atoms with E-state index in [1.807, 2.05) is 66.7 Å². The lowest BCUT2D eigenvalue weighted by atomic mass is 10.1. The van der Waals surface area contributed by atoms with Gasteiger partial charge in [0.1, 0.15) is 11.6 Å². The summed E-state index contributed by atoms with van der Waals surface area (Å²) in [5.41, 5.74) is 2.26. The van der Waals surface area contributed by atoms with Crippen LogP contribution in [0.2, 0.25) is 0 Å². The molecule has 0 saturated heterocycles. The van der Waals surface area contributed by atoms with E-state index in [1.165, 1.54) is 4.31 Å². The lowest BCUT2D eigenvalue weighted by Crippen LogP contribution is -2.42. The summed E-state index contributed by atoms with van der Waals surface area (Å²) in [5, 5.41) is 9.37. The van der Waals surface area contributed by atoms with Gasteiger partial charge in [-0.25, -0.2) is 13.1 Å². The summed E-state index contributed by atoms with van der Waals surface area (Å²) in [6, 6.07) is 30.8. The van der Waals surface area contributed by atoms with Gasteiger partial charge in [0.2, 0.25) is 15.9 Å². The van der Waals surface area contributed by atoms with Gasteiger partial charge in [-0.15, -0.1) is 0 Å². The van der Waals surface area contributed by atoms with Crippen molar-refractivity contribution in [2.75, 3.05) is 19.0 Å². The number of sulfonamides is 1. The number of rotatable bonds is 9. The Morgan fingerprint density at radius 1 is 0.900 bits per heavy atom. The maximum atomic E-state index is 13.7. The van der Waals surface area contributed by atoms with Crippen molar-refractivity contribution in [2.24, 2.45) is 0 Å². The average Bonchev–Trinajstić information content (AvgIpc) is 3.39. The molecule has 0 fully saturated rings. The van der Waals surface area contributed by atoms with Crippen LogP contribution in [0.15, 0.2) is 108 Å². The Bertz CT molecular complexity index is 1750. The van der Waals surface area contributed by atoms with Gasteiger partial charge in [0, 0.05) is 17.7 Å². The van der Waals surface area contributed by atoms with Crippen molar-refractivity contribution in [1.82, 2.24) is 14.1 Å².